The van der Waals surface area contributed by atoms with Gasteiger partial charge in [-0.05, 0) is 36.8 Å². The number of nitrogens with zero attached hydrogens (tertiary/aromatic N) is 3. The topological polar surface area (TPSA) is 68.5 Å². The number of benzene rings is 1. The first-order valence-electron chi connectivity index (χ1n) is 8.54. The molecule has 1 aromatic carbocycles. The van der Waals surface area contributed by atoms with E-state index in [9.17, 15) is 4.79 Å². The summed E-state index contributed by atoms with van der Waals surface area (Å²) in [6, 6.07) is 7.97. The zero-order valence-corrected chi connectivity index (χ0v) is 13.8. The van der Waals surface area contributed by atoms with Gasteiger partial charge >= 0.3 is 0 Å². The molecule has 2 unspecified atom stereocenters. The molecule has 6 heteroatoms. The molecule has 0 bridgehead atoms. The number of para-hydroxylation sites is 1. The molecular weight excluding hydrogens is 306 g/mol. The van der Waals surface area contributed by atoms with Crippen LogP contribution in [0.5, 0.6) is 5.75 Å². The van der Waals surface area contributed by atoms with Crippen LogP contribution in [0.4, 0.5) is 0 Å². The van der Waals surface area contributed by atoms with Crippen molar-refractivity contribution in [1.29, 1.82) is 0 Å². The van der Waals surface area contributed by atoms with Gasteiger partial charge in [-0.1, -0.05) is 23.4 Å². The Morgan fingerprint density at radius 2 is 2.21 bits per heavy atom. The van der Waals surface area contributed by atoms with Gasteiger partial charge in [-0.3, -0.25) is 4.79 Å². The number of carbonyl (C=O) groups excluding carboxylic acids is 1. The van der Waals surface area contributed by atoms with Crippen LogP contribution in [0.1, 0.15) is 54.9 Å². The Labute approximate surface area is 140 Å². The first-order valence-corrected chi connectivity index (χ1v) is 8.54. The summed E-state index contributed by atoms with van der Waals surface area (Å²) >= 11 is 0. The van der Waals surface area contributed by atoms with E-state index in [1.807, 2.05) is 23.1 Å². The number of amides is 1. The average molecular weight is 327 g/mol. The second-order valence-electron chi connectivity index (χ2n) is 6.49. The van der Waals surface area contributed by atoms with Crippen LogP contribution < -0.4 is 4.74 Å². The Kier molecular flexibility index (Phi) is 3.96. The molecule has 0 aliphatic carbocycles. The van der Waals surface area contributed by atoms with Crippen LogP contribution in [-0.2, 0) is 4.79 Å². The number of aryl methyl sites for hydroxylation is 1. The predicted octanol–water partition coefficient (Wildman–Crippen LogP) is 3.00. The molecule has 0 radical (unpaired) electrons. The highest BCUT2D eigenvalue weighted by Crippen LogP contribution is 2.38. The van der Waals surface area contributed by atoms with E-state index in [1.54, 1.807) is 6.92 Å². The zero-order valence-electron chi connectivity index (χ0n) is 13.8. The van der Waals surface area contributed by atoms with E-state index in [1.165, 1.54) is 0 Å². The molecule has 0 N–H and O–H groups in total. The van der Waals surface area contributed by atoms with Gasteiger partial charge in [0.15, 0.2) is 5.82 Å². The van der Waals surface area contributed by atoms with E-state index in [-0.39, 0.29) is 17.9 Å². The van der Waals surface area contributed by atoms with Gasteiger partial charge in [0, 0.05) is 19.9 Å². The van der Waals surface area contributed by atoms with Crippen molar-refractivity contribution in [2.75, 3.05) is 13.2 Å². The molecule has 24 heavy (non-hydrogen) atoms. The predicted molar refractivity (Wildman–Crippen MR) is 86.6 cm³/mol. The van der Waals surface area contributed by atoms with Crippen molar-refractivity contribution in [1.82, 2.24) is 15.0 Å². The maximum atomic E-state index is 12.9. The Hall–Kier alpha value is -2.37. The number of aromatic nitrogens is 2. The Balaban J connectivity index is 1.50. The molecule has 1 fully saturated rings. The summed E-state index contributed by atoms with van der Waals surface area (Å²) in [6.07, 6.45) is 3.26. The highest BCUT2D eigenvalue weighted by molar-refractivity contribution is 5.78. The zero-order chi connectivity index (χ0) is 16.5. The van der Waals surface area contributed by atoms with Gasteiger partial charge in [0.05, 0.1) is 12.6 Å². The fourth-order valence-electron chi connectivity index (χ4n) is 3.74. The standard InChI is InChI=1S/C18H21N3O3/c1-12-19-18(20-24-12)15-6-4-9-21(15)17(22)11-13-8-10-23-16-7-3-2-5-14(13)16/h2-3,5,7,13,15H,4,6,8-11H2,1H3. The first-order chi connectivity index (χ1) is 11.7. The number of ether oxygens (including phenoxy) is 1. The molecule has 6 nitrogen and oxygen atoms in total. The molecule has 2 aromatic rings. The van der Waals surface area contributed by atoms with Gasteiger partial charge in [0.2, 0.25) is 11.8 Å². The fraction of sp³-hybridized carbons (Fsp3) is 0.500. The van der Waals surface area contributed by atoms with Crippen molar-refractivity contribution in [2.45, 2.75) is 44.6 Å². The summed E-state index contributed by atoms with van der Waals surface area (Å²) in [5.41, 5.74) is 1.14. The van der Waals surface area contributed by atoms with Crippen molar-refractivity contribution >= 4 is 5.91 Å². The summed E-state index contributed by atoms with van der Waals surface area (Å²) < 4.78 is 10.8. The van der Waals surface area contributed by atoms with Gasteiger partial charge in [0.25, 0.3) is 0 Å². The Bertz CT molecular complexity index is 743. The molecule has 2 atom stereocenters. The van der Waals surface area contributed by atoms with Gasteiger partial charge in [-0.25, -0.2) is 0 Å². The second-order valence-corrected chi connectivity index (χ2v) is 6.49. The van der Waals surface area contributed by atoms with Crippen LogP contribution in [0.25, 0.3) is 0 Å². The quantitative estimate of drug-likeness (QED) is 0.867. The third-order valence-electron chi connectivity index (χ3n) is 4.92. The third kappa shape index (κ3) is 2.77. The maximum Gasteiger partial charge on any atom is 0.223 e. The number of carbonyl (C=O) groups is 1. The molecule has 126 valence electrons. The number of rotatable bonds is 3. The summed E-state index contributed by atoms with van der Waals surface area (Å²) in [5, 5.41) is 4.01. The van der Waals surface area contributed by atoms with Crippen LogP contribution >= 0.6 is 0 Å². The SMILES string of the molecule is Cc1nc(C2CCCN2C(=O)CC2CCOc3ccccc32)no1. The Morgan fingerprint density at radius 3 is 3.04 bits per heavy atom. The molecule has 2 aliphatic rings. The Morgan fingerprint density at radius 1 is 1.33 bits per heavy atom. The fourth-order valence-corrected chi connectivity index (χ4v) is 3.74. The van der Waals surface area contributed by atoms with Crippen LogP contribution in [0, 0.1) is 6.92 Å². The van der Waals surface area contributed by atoms with Gasteiger partial charge in [-0.15, -0.1) is 0 Å². The molecule has 1 aromatic heterocycles. The smallest absolute Gasteiger partial charge is 0.223 e. The molecule has 0 saturated carbocycles. The second kappa shape index (κ2) is 6.26. The van der Waals surface area contributed by atoms with Crippen molar-refractivity contribution in [3.63, 3.8) is 0 Å². The van der Waals surface area contributed by atoms with Crippen LogP contribution in [0.15, 0.2) is 28.8 Å². The summed E-state index contributed by atoms with van der Waals surface area (Å²) in [6.45, 7) is 3.21. The van der Waals surface area contributed by atoms with Crippen LogP contribution in [0.2, 0.25) is 0 Å². The van der Waals surface area contributed by atoms with E-state index >= 15 is 0 Å². The number of likely N-dealkylation sites (tertiary alicyclic amines) is 1. The van der Waals surface area contributed by atoms with Gasteiger partial charge < -0.3 is 14.2 Å². The molecule has 3 heterocycles. The largest absolute Gasteiger partial charge is 0.493 e. The number of hydrogen-bond donors (Lipinski definition) is 0. The number of hydrogen-bond acceptors (Lipinski definition) is 5. The molecular formula is C18H21N3O3. The normalized spacial score (nSPS) is 23.0. The van der Waals surface area contributed by atoms with Crippen molar-refractivity contribution < 1.29 is 14.1 Å². The molecule has 4 rings (SSSR count). The minimum absolute atomic E-state index is 0.0509. The minimum atomic E-state index is -0.0509. The minimum Gasteiger partial charge on any atom is -0.493 e. The highest BCUT2D eigenvalue weighted by atomic mass is 16.5. The van der Waals surface area contributed by atoms with Crippen molar-refractivity contribution in [3.8, 4) is 5.75 Å². The lowest BCUT2D eigenvalue weighted by Crippen LogP contribution is -2.32. The van der Waals surface area contributed by atoms with Gasteiger partial charge in [-0.2, -0.15) is 4.98 Å². The third-order valence-corrected chi connectivity index (χ3v) is 4.92. The molecule has 1 saturated heterocycles. The molecule has 2 aliphatic heterocycles. The van der Waals surface area contributed by atoms with E-state index in [0.717, 1.165) is 37.1 Å². The van der Waals surface area contributed by atoms with E-state index < -0.39 is 0 Å². The summed E-state index contributed by atoms with van der Waals surface area (Å²) in [4.78, 5) is 19.1. The van der Waals surface area contributed by atoms with Crippen LogP contribution in [-0.4, -0.2) is 34.1 Å². The highest BCUT2D eigenvalue weighted by Gasteiger charge is 2.35. The first kappa shape index (κ1) is 15.2. The number of fused-ring (bicyclic) bond motifs is 1. The lowest BCUT2D eigenvalue weighted by Gasteiger charge is -2.28. The summed E-state index contributed by atoms with van der Waals surface area (Å²) in [7, 11) is 0. The molecule has 0 spiro atoms. The van der Waals surface area contributed by atoms with Crippen molar-refractivity contribution in [3.05, 3.63) is 41.5 Å². The van der Waals surface area contributed by atoms with E-state index in [2.05, 4.69) is 16.2 Å². The van der Waals surface area contributed by atoms with Crippen molar-refractivity contribution in [2.24, 2.45) is 0 Å². The lowest BCUT2D eigenvalue weighted by atomic mass is 9.90. The van der Waals surface area contributed by atoms with Crippen LogP contribution in [0.3, 0.4) is 0 Å². The maximum absolute atomic E-state index is 12.9. The lowest BCUT2D eigenvalue weighted by molar-refractivity contribution is -0.132. The van der Waals surface area contributed by atoms with Gasteiger partial charge in [0.1, 0.15) is 5.75 Å². The molecule has 1 amide bonds. The van der Waals surface area contributed by atoms with E-state index in [0.29, 0.717) is 24.7 Å². The average Bonchev–Trinajstić information content (AvgIpc) is 3.24. The van der Waals surface area contributed by atoms with E-state index in [4.69, 9.17) is 9.26 Å². The summed E-state index contributed by atoms with van der Waals surface area (Å²) in [5.74, 6) is 2.47. The monoisotopic (exact) mass is 327 g/mol.